The first-order valence-corrected chi connectivity index (χ1v) is 9.36. The first kappa shape index (κ1) is 19.9. The fourth-order valence-electron chi connectivity index (χ4n) is 4.68. The predicted octanol–water partition coefficient (Wildman–Crippen LogP) is 4.35. The van der Waals surface area contributed by atoms with Crippen LogP contribution < -0.4 is 0 Å². The van der Waals surface area contributed by atoms with Crippen molar-refractivity contribution in [2.75, 3.05) is 0 Å². The molecule has 2 fully saturated rings. The van der Waals surface area contributed by atoms with Gasteiger partial charge in [0.25, 0.3) is 0 Å². The number of hydrogen-bond acceptors (Lipinski definition) is 6. The van der Waals surface area contributed by atoms with Crippen molar-refractivity contribution in [2.45, 2.75) is 58.3 Å². The van der Waals surface area contributed by atoms with Gasteiger partial charge in [-0.3, -0.25) is 5.41 Å². The molecule has 2 heterocycles. The minimum atomic E-state index is -1.89. The zero-order valence-electron chi connectivity index (χ0n) is 16.8. The molecule has 0 amide bonds. The highest BCUT2D eigenvalue weighted by atomic mass is 16.7. The first-order chi connectivity index (χ1) is 13.1. The Labute approximate surface area is 165 Å². The van der Waals surface area contributed by atoms with Gasteiger partial charge < -0.3 is 9.47 Å². The van der Waals surface area contributed by atoms with Crippen molar-refractivity contribution in [3.8, 4) is 18.2 Å². The molecule has 3 rings (SSSR count). The summed E-state index contributed by atoms with van der Waals surface area (Å²) in [6, 6.07) is 13.8. The smallest absolute Gasteiger partial charge is 0.214 e. The van der Waals surface area contributed by atoms with Crippen molar-refractivity contribution in [2.24, 2.45) is 16.7 Å². The van der Waals surface area contributed by atoms with Crippen LogP contribution in [0, 0.1) is 56.2 Å². The third kappa shape index (κ3) is 2.24. The summed E-state index contributed by atoms with van der Waals surface area (Å²) in [6.45, 7) is 9.82. The summed E-state index contributed by atoms with van der Waals surface area (Å²) >= 11 is 0. The lowest BCUT2D eigenvalue weighted by atomic mass is 9.53. The first-order valence-electron chi connectivity index (χ1n) is 9.36. The van der Waals surface area contributed by atoms with Gasteiger partial charge >= 0.3 is 0 Å². The van der Waals surface area contributed by atoms with E-state index >= 15 is 0 Å². The second-order valence-corrected chi connectivity index (χ2v) is 8.73. The summed E-state index contributed by atoms with van der Waals surface area (Å²) in [5.41, 5.74) is -1.91. The van der Waals surface area contributed by atoms with Gasteiger partial charge in [-0.25, -0.2) is 0 Å². The van der Waals surface area contributed by atoms with Crippen LogP contribution in [0.5, 0.6) is 0 Å². The lowest BCUT2D eigenvalue weighted by molar-refractivity contribution is -0.273. The molecule has 1 aromatic carbocycles. The van der Waals surface area contributed by atoms with Crippen molar-refractivity contribution in [3.05, 3.63) is 35.4 Å². The van der Waals surface area contributed by atoms with Crippen LogP contribution in [-0.2, 0) is 14.9 Å². The molecule has 0 radical (unpaired) electrons. The molecular weight excluding hydrogens is 352 g/mol. The second kappa shape index (κ2) is 6.06. The molecule has 6 nitrogen and oxygen atoms in total. The molecular formula is C22H24N4O2. The number of nitrogens with one attached hydrogen (secondary N) is 1. The number of benzene rings is 1. The molecule has 0 saturated carbocycles. The van der Waals surface area contributed by atoms with Crippen LogP contribution in [0.1, 0.15) is 58.3 Å². The standard InChI is InChI=1S/C22H24N4O2/c1-6-16-20(5)27-17(14-7-9-15(10-8-14)19(2,3)4)21(11-23,12-24)22(16,13-25)18(26)28-20/h7-10,16-17,26H,6H2,1-5H3. The number of ether oxygens (including phenoxy) is 2. The molecule has 144 valence electrons. The Bertz CT molecular complexity index is 927. The van der Waals surface area contributed by atoms with E-state index in [0.717, 1.165) is 5.56 Å². The number of fused-ring (bicyclic) bond motifs is 2. The fraction of sp³-hybridized carbons (Fsp3) is 0.545. The highest BCUT2D eigenvalue weighted by molar-refractivity contribution is 5.89. The molecule has 2 aliphatic rings. The van der Waals surface area contributed by atoms with E-state index in [4.69, 9.17) is 14.9 Å². The normalized spacial score (nSPS) is 33.3. The van der Waals surface area contributed by atoms with E-state index in [1.807, 2.05) is 31.2 Å². The molecule has 2 saturated heterocycles. The Hall–Kier alpha value is -2.88. The van der Waals surface area contributed by atoms with Crippen molar-refractivity contribution in [3.63, 3.8) is 0 Å². The summed E-state index contributed by atoms with van der Waals surface area (Å²) in [5, 5.41) is 38.8. The van der Waals surface area contributed by atoms with Gasteiger partial charge in [-0.2, -0.15) is 15.8 Å². The van der Waals surface area contributed by atoms with Crippen LogP contribution in [0.2, 0.25) is 0 Å². The van der Waals surface area contributed by atoms with Crippen molar-refractivity contribution >= 4 is 5.90 Å². The minimum Gasteiger partial charge on any atom is -0.448 e. The van der Waals surface area contributed by atoms with Gasteiger partial charge in [-0.05, 0) is 23.0 Å². The molecule has 4 atom stereocenters. The third-order valence-electron chi connectivity index (χ3n) is 6.20. The molecule has 4 unspecified atom stereocenters. The molecule has 6 heteroatoms. The Morgan fingerprint density at radius 1 is 1.07 bits per heavy atom. The summed E-state index contributed by atoms with van der Waals surface area (Å²) in [4.78, 5) is 0. The Kier molecular flexibility index (Phi) is 4.30. The minimum absolute atomic E-state index is 0.0507. The highest BCUT2D eigenvalue weighted by Gasteiger charge is 2.78. The van der Waals surface area contributed by atoms with Crippen LogP contribution in [-0.4, -0.2) is 11.7 Å². The monoisotopic (exact) mass is 376 g/mol. The maximum absolute atomic E-state index is 10.1. The Morgan fingerprint density at radius 2 is 1.64 bits per heavy atom. The average Bonchev–Trinajstić information content (AvgIpc) is 2.83. The van der Waals surface area contributed by atoms with Crippen molar-refractivity contribution in [1.29, 1.82) is 21.2 Å². The zero-order valence-corrected chi connectivity index (χ0v) is 16.8. The van der Waals surface area contributed by atoms with Crippen molar-refractivity contribution < 1.29 is 9.47 Å². The summed E-state index contributed by atoms with van der Waals surface area (Å²) < 4.78 is 11.9. The Morgan fingerprint density at radius 3 is 2.07 bits per heavy atom. The number of hydrogen-bond donors (Lipinski definition) is 1. The van der Waals surface area contributed by atoms with Gasteiger partial charge in [0.15, 0.2) is 5.41 Å². The largest absolute Gasteiger partial charge is 0.448 e. The summed E-state index contributed by atoms with van der Waals surface area (Å²) in [5.74, 6) is -2.20. The molecule has 2 aliphatic heterocycles. The molecule has 1 N–H and O–H groups in total. The fourth-order valence-corrected chi connectivity index (χ4v) is 4.68. The van der Waals surface area contributed by atoms with E-state index in [2.05, 4.69) is 39.0 Å². The van der Waals surface area contributed by atoms with E-state index in [1.54, 1.807) is 6.92 Å². The molecule has 0 aliphatic carbocycles. The van der Waals surface area contributed by atoms with Crippen LogP contribution >= 0.6 is 0 Å². The van der Waals surface area contributed by atoms with Gasteiger partial charge in [-0.1, -0.05) is 52.0 Å². The van der Waals surface area contributed by atoms with Gasteiger partial charge in [0.05, 0.1) is 24.1 Å². The molecule has 0 aromatic heterocycles. The van der Waals surface area contributed by atoms with Gasteiger partial charge in [-0.15, -0.1) is 0 Å². The van der Waals surface area contributed by atoms with E-state index in [-0.39, 0.29) is 11.3 Å². The lowest BCUT2D eigenvalue weighted by Crippen LogP contribution is -2.58. The van der Waals surface area contributed by atoms with Crippen LogP contribution in [0.15, 0.2) is 24.3 Å². The van der Waals surface area contributed by atoms with Gasteiger partial charge in [0, 0.05) is 6.92 Å². The topological polar surface area (TPSA) is 114 Å². The van der Waals surface area contributed by atoms with E-state index in [1.165, 1.54) is 0 Å². The summed E-state index contributed by atoms with van der Waals surface area (Å²) in [7, 11) is 0. The van der Waals surface area contributed by atoms with Crippen LogP contribution in [0.25, 0.3) is 0 Å². The van der Waals surface area contributed by atoms with Gasteiger partial charge in [0.1, 0.15) is 6.10 Å². The quantitative estimate of drug-likeness (QED) is 0.824. The average molecular weight is 376 g/mol. The number of rotatable bonds is 2. The highest BCUT2D eigenvalue weighted by Crippen LogP contribution is 2.67. The maximum Gasteiger partial charge on any atom is 0.214 e. The third-order valence-corrected chi connectivity index (χ3v) is 6.20. The Balaban J connectivity index is 2.24. The second-order valence-electron chi connectivity index (χ2n) is 8.73. The molecule has 0 spiro atoms. The van der Waals surface area contributed by atoms with E-state index in [9.17, 15) is 15.8 Å². The predicted molar refractivity (Wildman–Crippen MR) is 102 cm³/mol. The van der Waals surface area contributed by atoms with E-state index < -0.39 is 28.6 Å². The summed E-state index contributed by atoms with van der Waals surface area (Å²) in [6.07, 6.45) is -0.570. The zero-order chi connectivity index (χ0) is 21.0. The van der Waals surface area contributed by atoms with E-state index in [0.29, 0.717) is 12.0 Å². The van der Waals surface area contributed by atoms with Crippen molar-refractivity contribution in [1.82, 2.24) is 0 Å². The molecule has 1 aromatic rings. The number of nitriles is 3. The van der Waals surface area contributed by atoms with Gasteiger partial charge in [0.2, 0.25) is 17.1 Å². The lowest BCUT2D eigenvalue weighted by Gasteiger charge is -2.48. The van der Waals surface area contributed by atoms with Crippen LogP contribution in [0.4, 0.5) is 0 Å². The van der Waals surface area contributed by atoms with Crippen LogP contribution in [0.3, 0.4) is 0 Å². The number of nitrogens with zero attached hydrogens (tertiary/aromatic N) is 3. The maximum atomic E-state index is 10.1. The SMILES string of the molecule is CCC1C2(C)OC(=N)C1(C#N)C(C#N)(C#N)C(c1ccc(C(C)(C)C)cc1)O2. The molecule has 28 heavy (non-hydrogen) atoms. The molecule has 2 bridgehead atoms.